The molecule has 3 rings (SSSR count). The average Bonchev–Trinajstić information content (AvgIpc) is 2.61. The normalized spacial score (nSPS) is 45.4. The van der Waals surface area contributed by atoms with Crippen LogP contribution >= 0.6 is 0 Å². The Morgan fingerprint density at radius 1 is 1.29 bits per heavy atom. The molecular weight excluding hydrogens is 172 g/mol. The van der Waals surface area contributed by atoms with Gasteiger partial charge in [0.05, 0.1) is 0 Å². The maximum absolute atomic E-state index is 3.73. The molecule has 0 radical (unpaired) electrons. The van der Waals surface area contributed by atoms with E-state index in [1.807, 2.05) is 0 Å². The summed E-state index contributed by atoms with van der Waals surface area (Å²) in [5.74, 6) is 0.963. The largest absolute Gasteiger partial charge is 0.311 e. The van der Waals surface area contributed by atoms with Crippen LogP contribution in [0.1, 0.15) is 33.1 Å². The van der Waals surface area contributed by atoms with E-state index in [1.54, 1.807) is 0 Å². The van der Waals surface area contributed by atoms with Crippen molar-refractivity contribution in [3.63, 3.8) is 0 Å². The van der Waals surface area contributed by atoms with Crippen molar-refractivity contribution < 1.29 is 0 Å². The number of nitrogens with zero attached hydrogens (tertiary/aromatic N) is 1. The van der Waals surface area contributed by atoms with Crippen molar-refractivity contribution in [1.82, 2.24) is 10.2 Å². The maximum Gasteiger partial charge on any atom is 0.0111 e. The van der Waals surface area contributed by atoms with Gasteiger partial charge in [0.15, 0.2) is 0 Å². The van der Waals surface area contributed by atoms with Crippen molar-refractivity contribution >= 4 is 0 Å². The molecule has 2 nitrogen and oxygen atoms in total. The van der Waals surface area contributed by atoms with Crippen LogP contribution < -0.4 is 5.32 Å². The molecule has 3 fully saturated rings. The molecule has 0 aromatic heterocycles. The second-order valence-electron chi connectivity index (χ2n) is 6.38. The van der Waals surface area contributed by atoms with Crippen LogP contribution in [0, 0.1) is 11.3 Å². The van der Waals surface area contributed by atoms with Crippen LogP contribution in [-0.4, -0.2) is 36.6 Å². The minimum atomic E-state index is 0.602. The predicted molar refractivity (Wildman–Crippen MR) is 58.3 cm³/mol. The zero-order chi connectivity index (χ0) is 9.76. The number of rotatable bonds is 2. The molecule has 14 heavy (non-hydrogen) atoms. The van der Waals surface area contributed by atoms with Gasteiger partial charge in [0, 0.05) is 31.7 Å². The highest BCUT2D eigenvalue weighted by Crippen LogP contribution is 2.36. The topological polar surface area (TPSA) is 15.3 Å². The zero-order valence-corrected chi connectivity index (χ0v) is 9.42. The molecule has 0 aromatic carbocycles. The lowest BCUT2D eigenvalue weighted by molar-refractivity contribution is 0.0153. The number of hydrogen-bond acceptors (Lipinski definition) is 2. The van der Waals surface area contributed by atoms with Crippen LogP contribution in [-0.2, 0) is 0 Å². The van der Waals surface area contributed by atoms with Crippen LogP contribution in [0.15, 0.2) is 0 Å². The average molecular weight is 194 g/mol. The van der Waals surface area contributed by atoms with E-state index >= 15 is 0 Å². The third-order valence-electron chi connectivity index (χ3n) is 4.23. The van der Waals surface area contributed by atoms with E-state index in [0.29, 0.717) is 5.41 Å². The SMILES string of the molecule is CC1(C)CN(CC2CC3CCC2N3)C1. The van der Waals surface area contributed by atoms with E-state index in [2.05, 4.69) is 24.1 Å². The lowest BCUT2D eigenvalue weighted by Crippen LogP contribution is -2.55. The van der Waals surface area contributed by atoms with Gasteiger partial charge in [0.25, 0.3) is 0 Å². The molecule has 3 heterocycles. The molecule has 1 N–H and O–H groups in total. The maximum atomic E-state index is 3.73. The lowest BCUT2D eigenvalue weighted by Gasteiger charge is -2.47. The molecule has 2 bridgehead atoms. The molecule has 3 unspecified atom stereocenters. The first kappa shape index (κ1) is 9.17. The summed E-state index contributed by atoms with van der Waals surface area (Å²) in [6, 6.07) is 1.74. The number of nitrogens with one attached hydrogen (secondary N) is 1. The molecule has 0 amide bonds. The van der Waals surface area contributed by atoms with Crippen LogP contribution in [0.4, 0.5) is 0 Å². The van der Waals surface area contributed by atoms with Gasteiger partial charge in [0.2, 0.25) is 0 Å². The summed E-state index contributed by atoms with van der Waals surface area (Å²) >= 11 is 0. The number of hydrogen-bond donors (Lipinski definition) is 1. The second-order valence-corrected chi connectivity index (χ2v) is 6.38. The van der Waals surface area contributed by atoms with E-state index in [4.69, 9.17) is 0 Å². The summed E-state index contributed by atoms with van der Waals surface area (Å²) in [5, 5.41) is 3.73. The molecule has 2 heteroatoms. The first-order valence-electron chi connectivity index (χ1n) is 6.11. The Balaban J connectivity index is 1.50. The summed E-state index contributed by atoms with van der Waals surface area (Å²) in [6.45, 7) is 8.75. The van der Waals surface area contributed by atoms with E-state index < -0.39 is 0 Å². The smallest absolute Gasteiger partial charge is 0.0111 e. The van der Waals surface area contributed by atoms with E-state index in [0.717, 1.165) is 18.0 Å². The molecule has 3 atom stereocenters. The van der Waals surface area contributed by atoms with E-state index in [9.17, 15) is 0 Å². The van der Waals surface area contributed by atoms with Gasteiger partial charge in [-0.1, -0.05) is 13.8 Å². The summed E-state index contributed by atoms with van der Waals surface area (Å²) in [4.78, 5) is 2.65. The van der Waals surface area contributed by atoms with Crippen molar-refractivity contribution in [2.24, 2.45) is 11.3 Å². The molecule has 0 spiro atoms. The fourth-order valence-corrected chi connectivity index (χ4v) is 3.76. The third kappa shape index (κ3) is 1.49. The van der Waals surface area contributed by atoms with Crippen molar-refractivity contribution in [3.8, 4) is 0 Å². The minimum Gasteiger partial charge on any atom is -0.311 e. The Hall–Kier alpha value is -0.0800. The molecule has 0 aromatic rings. The molecular formula is C12H22N2. The Morgan fingerprint density at radius 3 is 2.57 bits per heavy atom. The molecule has 3 aliphatic rings. The highest BCUT2D eigenvalue weighted by atomic mass is 15.2. The van der Waals surface area contributed by atoms with Gasteiger partial charge in [-0.05, 0) is 30.6 Å². The summed E-state index contributed by atoms with van der Waals surface area (Å²) in [7, 11) is 0. The molecule has 3 aliphatic heterocycles. The summed E-state index contributed by atoms with van der Waals surface area (Å²) in [5.41, 5.74) is 0.602. The quantitative estimate of drug-likeness (QED) is 0.716. The highest BCUT2D eigenvalue weighted by Gasteiger charge is 2.42. The zero-order valence-electron chi connectivity index (χ0n) is 9.42. The van der Waals surface area contributed by atoms with E-state index in [-0.39, 0.29) is 0 Å². The Labute approximate surface area is 87.0 Å². The van der Waals surface area contributed by atoms with Crippen molar-refractivity contribution in [1.29, 1.82) is 0 Å². The van der Waals surface area contributed by atoms with Crippen LogP contribution in [0.3, 0.4) is 0 Å². The van der Waals surface area contributed by atoms with Crippen LogP contribution in [0.25, 0.3) is 0 Å². The van der Waals surface area contributed by atoms with Crippen molar-refractivity contribution in [3.05, 3.63) is 0 Å². The molecule has 80 valence electrons. The molecule has 0 aliphatic carbocycles. The van der Waals surface area contributed by atoms with E-state index in [1.165, 1.54) is 38.9 Å². The number of fused-ring (bicyclic) bond motifs is 2. The number of likely N-dealkylation sites (tertiary alicyclic amines) is 1. The third-order valence-corrected chi connectivity index (χ3v) is 4.23. The fraction of sp³-hybridized carbons (Fsp3) is 1.00. The van der Waals surface area contributed by atoms with Gasteiger partial charge < -0.3 is 10.2 Å². The van der Waals surface area contributed by atoms with Gasteiger partial charge >= 0.3 is 0 Å². The Kier molecular flexibility index (Phi) is 1.94. The lowest BCUT2D eigenvalue weighted by atomic mass is 9.82. The van der Waals surface area contributed by atoms with Gasteiger partial charge in [-0.25, -0.2) is 0 Å². The fourth-order valence-electron chi connectivity index (χ4n) is 3.76. The Bertz CT molecular complexity index is 228. The van der Waals surface area contributed by atoms with Gasteiger partial charge in [-0.2, -0.15) is 0 Å². The Morgan fingerprint density at radius 2 is 2.07 bits per heavy atom. The van der Waals surface area contributed by atoms with Crippen LogP contribution in [0.2, 0.25) is 0 Å². The molecule has 3 saturated heterocycles. The monoisotopic (exact) mass is 194 g/mol. The van der Waals surface area contributed by atoms with Crippen molar-refractivity contribution in [2.45, 2.75) is 45.2 Å². The van der Waals surface area contributed by atoms with Gasteiger partial charge in [-0.3, -0.25) is 0 Å². The second kappa shape index (κ2) is 2.96. The van der Waals surface area contributed by atoms with Crippen LogP contribution in [0.5, 0.6) is 0 Å². The van der Waals surface area contributed by atoms with Gasteiger partial charge in [0.1, 0.15) is 0 Å². The van der Waals surface area contributed by atoms with Crippen molar-refractivity contribution in [2.75, 3.05) is 19.6 Å². The standard InChI is InChI=1S/C12H22N2/c1-12(2)7-14(8-12)6-9-5-10-3-4-11(9)13-10/h9-11,13H,3-8H2,1-2H3. The molecule has 0 saturated carbocycles. The first-order valence-corrected chi connectivity index (χ1v) is 6.11. The van der Waals surface area contributed by atoms with Gasteiger partial charge in [-0.15, -0.1) is 0 Å². The summed E-state index contributed by atoms with van der Waals surface area (Å²) < 4.78 is 0. The minimum absolute atomic E-state index is 0.602. The predicted octanol–water partition coefficient (Wildman–Crippen LogP) is 1.47. The first-order chi connectivity index (χ1) is 6.62. The summed E-state index contributed by atoms with van der Waals surface area (Å²) in [6.07, 6.45) is 4.32. The highest BCUT2D eigenvalue weighted by molar-refractivity contribution is 5.00.